The minimum absolute atomic E-state index is 0.0907. The van der Waals surface area contributed by atoms with Gasteiger partial charge in [-0.3, -0.25) is 9.48 Å². The number of hydrogen-bond acceptors (Lipinski definition) is 6. The minimum Gasteiger partial charge on any atom is -0.378 e. The molecule has 0 saturated carbocycles. The Hall–Kier alpha value is -3.86. The molecule has 0 bridgehead atoms. The third-order valence-electron chi connectivity index (χ3n) is 5.83. The first-order valence-corrected chi connectivity index (χ1v) is 11.2. The van der Waals surface area contributed by atoms with Crippen molar-refractivity contribution < 1.29 is 18.3 Å². The number of amides is 1. The molecule has 1 aliphatic heterocycles. The van der Waals surface area contributed by atoms with Gasteiger partial charge >= 0.3 is 0 Å². The number of morpholine rings is 1. The maximum absolute atomic E-state index is 14.9. The number of fused-ring (bicyclic) bond motifs is 1. The predicted octanol–water partition coefficient (Wildman–Crippen LogP) is 3.71. The van der Waals surface area contributed by atoms with E-state index in [0.717, 1.165) is 17.5 Å². The lowest BCUT2D eigenvalue weighted by molar-refractivity contribution is 0.102. The zero-order chi connectivity index (χ0) is 24.7. The van der Waals surface area contributed by atoms with Gasteiger partial charge in [-0.1, -0.05) is 0 Å². The molecule has 9 nitrogen and oxygen atoms in total. The Kier molecular flexibility index (Phi) is 5.72. The van der Waals surface area contributed by atoms with E-state index in [0.29, 0.717) is 31.9 Å². The summed E-state index contributed by atoms with van der Waals surface area (Å²) in [5.41, 5.74) is 1.72. The maximum atomic E-state index is 14.9. The highest BCUT2D eigenvalue weighted by atomic mass is 19.1. The van der Waals surface area contributed by atoms with Gasteiger partial charge in [0.25, 0.3) is 5.91 Å². The van der Waals surface area contributed by atoms with E-state index in [9.17, 15) is 13.6 Å². The molecule has 0 aromatic carbocycles. The smallest absolute Gasteiger partial charge is 0.263 e. The maximum Gasteiger partial charge on any atom is 0.263 e. The van der Waals surface area contributed by atoms with Crippen LogP contribution >= 0.6 is 0 Å². The predicted molar refractivity (Wildman–Crippen MR) is 127 cm³/mol. The number of rotatable bonds is 4. The zero-order valence-electron chi connectivity index (χ0n) is 19.6. The summed E-state index contributed by atoms with van der Waals surface area (Å²) in [5, 5.41) is 6.34. The fraction of sp³-hybridized carbons (Fsp3) is 0.333. The molecule has 1 N–H and O–H groups in total. The molecule has 4 aromatic heterocycles. The number of nitrogens with one attached hydrogen (secondary N) is 1. The lowest BCUT2D eigenvalue weighted by Crippen LogP contribution is -2.36. The van der Waals surface area contributed by atoms with Crippen LogP contribution < -0.4 is 10.2 Å². The van der Waals surface area contributed by atoms with E-state index in [1.54, 1.807) is 18.6 Å². The largest absolute Gasteiger partial charge is 0.378 e. The van der Waals surface area contributed by atoms with Gasteiger partial charge in [-0.2, -0.15) is 4.39 Å². The summed E-state index contributed by atoms with van der Waals surface area (Å²) in [6, 6.07) is 3.30. The first kappa shape index (κ1) is 22.9. The summed E-state index contributed by atoms with van der Waals surface area (Å²) in [5.74, 6) is -2.07. The molecular formula is C24H25F2N7O2. The van der Waals surface area contributed by atoms with Crippen molar-refractivity contribution in [2.24, 2.45) is 0 Å². The molecule has 182 valence electrons. The van der Waals surface area contributed by atoms with Gasteiger partial charge in [-0.15, -0.1) is 5.10 Å². The fourth-order valence-corrected chi connectivity index (χ4v) is 3.96. The van der Waals surface area contributed by atoms with Gasteiger partial charge in [-0.05, 0) is 32.9 Å². The first-order chi connectivity index (χ1) is 16.7. The van der Waals surface area contributed by atoms with Crippen LogP contribution in [0.5, 0.6) is 0 Å². The van der Waals surface area contributed by atoms with Crippen LogP contribution in [0.25, 0.3) is 16.8 Å². The molecule has 5 heterocycles. The molecule has 0 aliphatic carbocycles. The van der Waals surface area contributed by atoms with E-state index in [2.05, 4.69) is 25.3 Å². The summed E-state index contributed by atoms with van der Waals surface area (Å²) in [6.07, 6.45) is 7.62. The van der Waals surface area contributed by atoms with E-state index in [1.165, 1.54) is 16.9 Å². The Morgan fingerprint density at radius 2 is 1.89 bits per heavy atom. The highest BCUT2D eigenvalue weighted by molar-refractivity contribution is 6.03. The number of carbonyl (C=O) groups is 1. The Balaban J connectivity index is 1.48. The van der Waals surface area contributed by atoms with Gasteiger partial charge < -0.3 is 19.4 Å². The second-order valence-electron chi connectivity index (χ2n) is 9.32. The number of anilines is 2. The average molecular weight is 482 g/mol. The van der Waals surface area contributed by atoms with Crippen LogP contribution in [0, 0.1) is 11.8 Å². The minimum atomic E-state index is -0.888. The van der Waals surface area contributed by atoms with E-state index in [1.807, 2.05) is 31.2 Å². The van der Waals surface area contributed by atoms with Crippen molar-refractivity contribution in [3.63, 3.8) is 0 Å². The molecule has 11 heteroatoms. The molecule has 35 heavy (non-hydrogen) atoms. The van der Waals surface area contributed by atoms with Gasteiger partial charge in [0.05, 0.1) is 30.6 Å². The van der Waals surface area contributed by atoms with Crippen LogP contribution in [0.4, 0.5) is 20.3 Å². The van der Waals surface area contributed by atoms with Crippen molar-refractivity contribution in [2.45, 2.75) is 26.3 Å². The van der Waals surface area contributed by atoms with E-state index >= 15 is 0 Å². The highest BCUT2D eigenvalue weighted by Crippen LogP contribution is 2.31. The van der Waals surface area contributed by atoms with Crippen molar-refractivity contribution in [3.05, 3.63) is 60.4 Å². The molecule has 5 rings (SSSR count). The second-order valence-corrected chi connectivity index (χ2v) is 9.32. The molecule has 4 aromatic rings. The Labute approximate surface area is 200 Å². The molecule has 0 spiro atoms. The summed E-state index contributed by atoms with van der Waals surface area (Å²) < 4.78 is 37.9. The van der Waals surface area contributed by atoms with Crippen molar-refractivity contribution in [1.29, 1.82) is 0 Å². The average Bonchev–Trinajstić information content (AvgIpc) is 3.46. The quantitative estimate of drug-likeness (QED) is 0.478. The molecule has 1 amide bonds. The summed E-state index contributed by atoms with van der Waals surface area (Å²) in [6.45, 7) is 8.12. The molecule has 1 saturated heterocycles. The summed E-state index contributed by atoms with van der Waals surface area (Å²) in [7, 11) is 0. The molecular weight excluding hydrogens is 456 g/mol. The second kappa shape index (κ2) is 8.73. The lowest BCUT2D eigenvalue weighted by Gasteiger charge is -2.29. The molecule has 0 unspecified atom stereocenters. The summed E-state index contributed by atoms with van der Waals surface area (Å²) >= 11 is 0. The Bertz CT molecular complexity index is 1400. The molecule has 1 fully saturated rings. The van der Waals surface area contributed by atoms with Crippen LogP contribution in [0.3, 0.4) is 0 Å². The van der Waals surface area contributed by atoms with Crippen LogP contribution in [0.1, 0.15) is 31.1 Å². The normalized spacial score (nSPS) is 14.5. The fourth-order valence-electron chi connectivity index (χ4n) is 3.96. The Morgan fingerprint density at radius 1 is 1.11 bits per heavy atom. The number of halogens is 2. The van der Waals surface area contributed by atoms with Crippen molar-refractivity contribution in [2.75, 3.05) is 36.5 Å². The molecule has 1 aliphatic rings. The SMILES string of the molecule is CC(C)(C)n1cc(C(=O)Nc2cc(-c3cc(N4CCOCC4)c4nccn4c3)c(F)cn2)c(F)n1. The highest BCUT2D eigenvalue weighted by Gasteiger charge is 2.23. The summed E-state index contributed by atoms with van der Waals surface area (Å²) in [4.78, 5) is 23.3. The van der Waals surface area contributed by atoms with Gasteiger partial charge in [0.1, 0.15) is 17.2 Å². The van der Waals surface area contributed by atoms with Crippen LogP contribution in [0.2, 0.25) is 0 Å². The van der Waals surface area contributed by atoms with Crippen LogP contribution in [-0.2, 0) is 10.3 Å². The molecule has 0 radical (unpaired) electrons. The van der Waals surface area contributed by atoms with E-state index < -0.39 is 23.2 Å². The molecule has 0 atom stereocenters. The third kappa shape index (κ3) is 4.46. The van der Waals surface area contributed by atoms with Gasteiger partial charge in [0, 0.05) is 49.0 Å². The van der Waals surface area contributed by atoms with Gasteiger partial charge in [-0.25, -0.2) is 14.4 Å². The number of hydrogen-bond donors (Lipinski definition) is 1. The van der Waals surface area contributed by atoms with Crippen LogP contribution in [-0.4, -0.2) is 56.4 Å². The number of ether oxygens (including phenoxy) is 1. The number of pyridine rings is 2. The topological polar surface area (TPSA) is 89.6 Å². The van der Waals surface area contributed by atoms with Crippen molar-refractivity contribution >= 4 is 23.1 Å². The third-order valence-corrected chi connectivity index (χ3v) is 5.83. The van der Waals surface area contributed by atoms with Crippen molar-refractivity contribution in [3.8, 4) is 11.1 Å². The Morgan fingerprint density at radius 3 is 2.60 bits per heavy atom. The zero-order valence-corrected chi connectivity index (χ0v) is 19.6. The number of nitrogens with zero attached hydrogens (tertiary/aromatic N) is 6. The standard InChI is InChI=1S/C24H25F2N7O2/c1-24(2,3)33-14-17(21(26)30-33)23(34)29-20-11-16(18(25)12-28-20)15-10-19(31-6-8-35-9-7-31)22-27-4-5-32(22)13-15/h4-5,10-14H,6-9H2,1-3H3,(H,28,29,34). The van der Waals surface area contributed by atoms with Gasteiger partial charge in [0.2, 0.25) is 5.95 Å². The van der Waals surface area contributed by atoms with E-state index in [4.69, 9.17) is 4.74 Å². The van der Waals surface area contributed by atoms with Gasteiger partial charge in [0.15, 0.2) is 5.65 Å². The van der Waals surface area contributed by atoms with Crippen LogP contribution in [0.15, 0.2) is 43.1 Å². The van der Waals surface area contributed by atoms with E-state index in [-0.39, 0.29) is 16.9 Å². The number of aromatic nitrogens is 5. The lowest BCUT2D eigenvalue weighted by atomic mass is 10.1. The first-order valence-electron chi connectivity index (χ1n) is 11.2. The number of carbonyl (C=O) groups excluding carboxylic acids is 1. The van der Waals surface area contributed by atoms with Crippen molar-refractivity contribution in [1.82, 2.24) is 24.1 Å². The number of imidazole rings is 1. The monoisotopic (exact) mass is 481 g/mol.